The van der Waals surface area contributed by atoms with E-state index in [-0.39, 0.29) is 17.4 Å². The van der Waals surface area contributed by atoms with E-state index in [1.54, 1.807) is 26.2 Å². The fourth-order valence-corrected chi connectivity index (χ4v) is 2.82. The summed E-state index contributed by atoms with van der Waals surface area (Å²) in [5, 5.41) is 7.32. The highest BCUT2D eigenvalue weighted by Gasteiger charge is 2.18. The summed E-state index contributed by atoms with van der Waals surface area (Å²) in [6.07, 6.45) is 1.98. The summed E-state index contributed by atoms with van der Waals surface area (Å²) in [6, 6.07) is 7.23. The molecule has 0 aliphatic heterocycles. The molecule has 1 amide bonds. The van der Waals surface area contributed by atoms with Crippen molar-refractivity contribution in [1.29, 1.82) is 0 Å². The average molecular weight is 372 g/mol. The number of amides is 1. The molecule has 0 saturated carbocycles. The molecule has 0 bridgehead atoms. The predicted molar refractivity (Wildman–Crippen MR) is 107 cm³/mol. The number of ether oxygens (including phenoxy) is 1. The Balaban J connectivity index is 2.38. The average Bonchev–Trinajstić information content (AvgIpc) is 2.96. The first-order chi connectivity index (χ1) is 12.9. The zero-order valence-electron chi connectivity index (χ0n) is 16.6. The molecule has 0 aliphatic rings. The molecule has 1 heterocycles. The van der Waals surface area contributed by atoms with Crippen molar-refractivity contribution < 1.29 is 9.53 Å². The van der Waals surface area contributed by atoms with Gasteiger partial charge in [-0.2, -0.15) is 5.10 Å². The van der Waals surface area contributed by atoms with E-state index in [4.69, 9.17) is 4.74 Å². The molecule has 0 unspecified atom stereocenters. The normalized spacial score (nSPS) is 11.7. The lowest BCUT2D eigenvalue weighted by Crippen LogP contribution is -2.24. The van der Waals surface area contributed by atoms with E-state index < -0.39 is 0 Å². The molecule has 0 fully saturated rings. The van der Waals surface area contributed by atoms with Crippen LogP contribution in [0, 0.1) is 5.92 Å². The molecule has 0 aliphatic carbocycles. The molecule has 0 radical (unpaired) electrons. The molecule has 7 heteroatoms. The Morgan fingerprint density at radius 3 is 2.52 bits per heavy atom. The number of carbonyl (C=O) groups is 1. The van der Waals surface area contributed by atoms with Crippen LogP contribution < -0.4 is 15.7 Å². The summed E-state index contributed by atoms with van der Waals surface area (Å²) >= 11 is 0. The van der Waals surface area contributed by atoms with Crippen LogP contribution in [0.3, 0.4) is 0 Å². The number of H-pyrrole nitrogens is 1. The minimum absolute atomic E-state index is 0.160. The number of benzene rings is 1. The van der Waals surface area contributed by atoms with Crippen molar-refractivity contribution in [2.45, 2.75) is 47.0 Å². The highest BCUT2D eigenvalue weighted by molar-refractivity contribution is 6.00. The summed E-state index contributed by atoms with van der Waals surface area (Å²) < 4.78 is 6.66. The van der Waals surface area contributed by atoms with Gasteiger partial charge in [0.2, 0.25) is 5.91 Å². The van der Waals surface area contributed by atoms with Crippen molar-refractivity contribution in [3.8, 4) is 11.4 Å². The fourth-order valence-electron chi connectivity index (χ4n) is 2.82. The summed E-state index contributed by atoms with van der Waals surface area (Å²) in [7, 11) is 1.60. The highest BCUT2D eigenvalue weighted by Crippen LogP contribution is 2.15. The Bertz CT molecular complexity index is 860. The van der Waals surface area contributed by atoms with Gasteiger partial charge in [0, 0.05) is 12.1 Å². The molecule has 0 saturated heterocycles. The zero-order valence-corrected chi connectivity index (χ0v) is 16.6. The number of nitrogens with zero attached hydrogens (tertiary/aromatic N) is 2. The van der Waals surface area contributed by atoms with Crippen LogP contribution in [0.15, 0.2) is 34.2 Å². The maximum atomic E-state index is 13.0. The van der Waals surface area contributed by atoms with Gasteiger partial charge in [-0.25, -0.2) is 10.1 Å². The summed E-state index contributed by atoms with van der Waals surface area (Å²) in [5.74, 6) is 0.807. The Kier molecular flexibility index (Phi) is 6.98. The number of hydrazone groups is 1. The number of methoxy groups -OCH3 is 1. The van der Waals surface area contributed by atoms with Crippen molar-refractivity contribution >= 4 is 11.6 Å². The van der Waals surface area contributed by atoms with E-state index in [0.717, 1.165) is 17.9 Å². The minimum atomic E-state index is -0.192. The molecule has 1 aromatic carbocycles. The van der Waals surface area contributed by atoms with Crippen LogP contribution >= 0.6 is 0 Å². The molecule has 2 aromatic rings. The molecule has 0 spiro atoms. The quantitative estimate of drug-likeness (QED) is 0.551. The first-order valence-electron chi connectivity index (χ1n) is 9.19. The molecular formula is C20H28N4O3. The highest BCUT2D eigenvalue weighted by atomic mass is 16.5. The minimum Gasteiger partial charge on any atom is -0.497 e. The van der Waals surface area contributed by atoms with Crippen molar-refractivity contribution in [3.05, 3.63) is 45.9 Å². The summed E-state index contributed by atoms with van der Waals surface area (Å²) in [4.78, 5) is 24.8. The van der Waals surface area contributed by atoms with E-state index in [1.807, 2.05) is 32.9 Å². The molecule has 0 atom stereocenters. The van der Waals surface area contributed by atoms with Crippen molar-refractivity contribution in [1.82, 2.24) is 15.2 Å². The molecular weight excluding hydrogens is 344 g/mol. The predicted octanol–water partition coefficient (Wildman–Crippen LogP) is 3.01. The lowest BCUT2D eigenvalue weighted by atomic mass is 10.1. The Morgan fingerprint density at radius 2 is 1.96 bits per heavy atom. The van der Waals surface area contributed by atoms with Gasteiger partial charge in [0.1, 0.15) is 5.75 Å². The Hall–Kier alpha value is -2.83. The van der Waals surface area contributed by atoms with Gasteiger partial charge < -0.3 is 4.74 Å². The zero-order chi connectivity index (χ0) is 20.0. The van der Waals surface area contributed by atoms with Gasteiger partial charge in [-0.3, -0.25) is 14.7 Å². The Labute approximate surface area is 159 Å². The van der Waals surface area contributed by atoms with Crippen molar-refractivity contribution in [2.75, 3.05) is 7.11 Å². The van der Waals surface area contributed by atoms with Crippen LogP contribution in [0.1, 0.15) is 51.8 Å². The molecule has 1 aromatic heterocycles. The number of aromatic amines is 1. The first kappa shape index (κ1) is 20.5. The summed E-state index contributed by atoms with van der Waals surface area (Å²) in [6.45, 7) is 7.71. The van der Waals surface area contributed by atoms with Crippen molar-refractivity contribution in [2.24, 2.45) is 11.0 Å². The van der Waals surface area contributed by atoms with Crippen LogP contribution in [0.4, 0.5) is 0 Å². The van der Waals surface area contributed by atoms with E-state index >= 15 is 0 Å². The second-order valence-electron chi connectivity index (χ2n) is 6.88. The smallest absolute Gasteiger partial charge is 0.280 e. The van der Waals surface area contributed by atoms with Crippen LogP contribution in [0.2, 0.25) is 0 Å². The topological polar surface area (TPSA) is 88.5 Å². The van der Waals surface area contributed by atoms with Gasteiger partial charge in [0.05, 0.1) is 24.1 Å². The first-order valence-corrected chi connectivity index (χ1v) is 9.19. The number of hydrogen-bond acceptors (Lipinski definition) is 4. The number of aromatic nitrogens is 2. The number of hydrogen-bond donors (Lipinski definition) is 2. The summed E-state index contributed by atoms with van der Waals surface area (Å²) in [5.41, 5.74) is 4.85. The maximum absolute atomic E-state index is 13.0. The maximum Gasteiger partial charge on any atom is 0.280 e. The van der Waals surface area contributed by atoms with E-state index in [9.17, 15) is 9.59 Å². The number of aryl methyl sites for hydroxylation is 1. The molecule has 146 valence electrons. The van der Waals surface area contributed by atoms with E-state index in [0.29, 0.717) is 29.8 Å². The Morgan fingerprint density at radius 1 is 1.30 bits per heavy atom. The van der Waals surface area contributed by atoms with Crippen molar-refractivity contribution in [3.63, 3.8) is 0 Å². The SMILES string of the molecule is CCCc1[nH]n(-c2ccc(OC)cc2)c(=O)c1C(C)=NNC(=O)CC(C)C. The van der Waals surface area contributed by atoms with Crippen LogP contribution in [0.25, 0.3) is 5.69 Å². The van der Waals surface area contributed by atoms with Crippen LogP contribution in [-0.4, -0.2) is 28.5 Å². The van der Waals surface area contributed by atoms with E-state index in [1.165, 1.54) is 4.68 Å². The van der Waals surface area contributed by atoms with Gasteiger partial charge in [0.25, 0.3) is 5.56 Å². The second kappa shape index (κ2) is 9.21. The van der Waals surface area contributed by atoms with Gasteiger partial charge >= 0.3 is 0 Å². The van der Waals surface area contributed by atoms with Gasteiger partial charge in [0.15, 0.2) is 0 Å². The number of rotatable bonds is 8. The third kappa shape index (κ3) is 5.09. The van der Waals surface area contributed by atoms with Gasteiger partial charge in [-0.1, -0.05) is 27.2 Å². The number of nitrogens with one attached hydrogen (secondary N) is 2. The molecule has 2 N–H and O–H groups in total. The molecule has 7 nitrogen and oxygen atoms in total. The molecule has 2 rings (SSSR count). The monoisotopic (exact) mass is 372 g/mol. The molecule has 27 heavy (non-hydrogen) atoms. The van der Waals surface area contributed by atoms with Gasteiger partial charge in [-0.05, 0) is 43.5 Å². The lowest BCUT2D eigenvalue weighted by molar-refractivity contribution is -0.121. The largest absolute Gasteiger partial charge is 0.497 e. The van der Waals surface area contributed by atoms with Crippen LogP contribution in [0.5, 0.6) is 5.75 Å². The second-order valence-corrected chi connectivity index (χ2v) is 6.88. The van der Waals surface area contributed by atoms with Gasteiger partial charge in [-0.15, -0.1) is 0 Å². The fraction of sp³-hybridized carbons (Fsp3) is 0.450. The lowest BCUT2D eigenvalue weighted by Gasteiger charge is -2.04. The third-order valence-corrected chi connectivity index (χ3v) is 4.10. The van der Waals surface area contributed by atoms with Crippen LogP contribution in [-0.2, 0) is 11.2 Å². The standard InChI is InChI=1S/C20H28N4O3/c1-6-7-17-19(14(4)21-22-18(25)12-13(2)3)20(26)24(23-17)15-8-10-16(27-5)11-9-15/h8-11,13,23H,6-7,12H2,1-5H3,(H,22,25). The number of carbonyl (C=O) groups excluding carboxylic acids is 1. The van der Waals surface area contributed by atoms with E-state index in [2.05, 4.69) is 15.6 Å². The third-order valence-electron chi connectivity index (χ3n) is 4.10.